The van der Waals surface area contributed by atoms with E-state index in [9.17, 15) is 4.79 Å². The van der Waals surface area contributed by atoms with Crippen molar-refractivity contribution in [3.8, 4) is 0 Å². The lowest BCUT2D eigenvalue weighted by atomic mass is 9.60. The zero-order valence-corrected chi connectivity index (χ0v) is 16.3. The van der Waals surface area contributed by atoms with Gasteiger partial charge in [0.05, 0.1) is 0 Å². The molecule has 1 saturated heterocycles. The van der Waals surface area contributed by atoms with Crippen molar-refractivity contribution in [1.82, 2.24) is 4.90 Å². The average Bonchev–Trinajstić information content (AvgIpc) is 2.47. The molecule has 2 fully saturated rings. The molecule has 25 heavy (non-hydrogen) atoms. The number of nitrogens with one attached hydrogen (secondary N) is 1. The molecule has 0 unspecified atom stereocenters. The molecule has 4 nitrogen and oxygen atoms in total. The highest BCUT2D eigenvalue weighted by Gasteiger charge is 2.46. The molecule has 1 aromatic rings. The van der Waals surface area contributed by atoms with Gasteiger partial charge in [0.15, 0.2) is 0 Å². The number of benzene rings is 1. The van der Waals surface area contributed by atoms with E-state index in [1.807, 2.05) is 25.7 Å². The normalized spacial score (nSPS) is 20.3. The van der Waals surface area contributed by atoms with E-state index in [0.717, 1.165) is 25.9 Å². The van der Waals surface area contributed by atoms with Gasteiger partial charge in [-0.2, -0.15) is 0 Å². The largest absolute Gasteiger partial charge is 0.444 e. The first-order valence-corrected chi connectivity index (χ1v) is 9.48. The molecule has 1 aliphatic carbocycles. The first kappa shape index (κ1) is 18.1. The quantitative estimate of drug-likeness (QED) is 0.830. The summed E-state index contributed by atoms with van der Waals surface area (Å²) in [6, 6.07) is 7.16. The molecule has 1 amide bonds. The predicted octanol–water partition coefficient (Wildman–Crippen LogP) is 4.90. The number of carbonyl (C=O) groups is 1. The maximum absolute atomic E-state index is 12.2. The van der Waals surface area contributed by atoms with Crippen molar-refractivity contribution in [2.24, 2.45) is 5.41 Å². The summed E-state index contributed by atoms with van der Waals surface area (Å²) in [7, 11) is 0. The lowest BCUT2D eigenvalue weighted by molar-refractivity contribution is -0.00860. The predicted molar refractivity (Wildman–Crippen MR) is 102 cm³/mol. The molecule has 4 heteroatoms. The molecule has 1 spiro atoms. The van der Waals surface area contributed by atoms with E-state index in [0.29, 0.717) is 11.5 Å². The van der Waals surface area contributed by atoms with Gasteiger partial charge in [0.1, 0.15) is 5.60 Å². The van der Waals surface area contributed by atoms with Gasteiger partial charge in [-0.3, -0.25) is 0 Å². The summed E-state index contributed by atoms with van der Waals surface area (Å²) in [5, 5.41) is 3.71. The summed E-state index contributed by atoms with van der Waals surface area (Å²) >= 11 is 0. The molecule has 0 bridgehead atoms. The molecule has 0 radical (unpaired) electrons. The van der Waals surface area contributed by atoms with Crippen LogP contribution in [0.15, 0.2) is 18.2 Å². The molecule has 1 heterocycles. The minimum atomic E-state index is -0.413. The fourth-order valence-electron chi connectivity index (χ4n) is 4.18. The van der Waals surface area contributed by atoms with Crippen LogP contribution in [0.2, 0.25) is 0 Å². The van der Waals surface area contributed by atoms with Gasteiger partial charge in [-0.05, 0) is 77.3 Å². The Labute approximate surface area is 151 Å². The van der Waals surface area contributed by atoms with Crippen LogP contribution in [-0.4, -0.2) is 35.7 Å². The van der Waals surface area contributed by atoms with Gasteiger partial charge in [0.25, 0.3) is 0 Å². The Balaban J connectivity index is 1.47. The fourth-order valence-corrected chi connectivity index (χ4v) is 4.18. The standard InChI is InChI=1S/C21H32N2O2/c1-15-6-7-18(16(2)12-15)22-17-13-21(14-17)8-10-23(11-9-21)19(24)25-20(3,4)5/h6-7,12,17,22H,8-11,13-14H2,1-5H3. The first-order chi connectivity index (χ1) is 11.7. The average molecular weight is 344 g/mol. The van der Waals surface area contributed by atoms with Crippen LogP contribution >= 0.6 is 0 Å². The van der Waals surface area contributed by atoms with Crippen LogP contribution in [0.3, 0.4) is 0 Å². The number of nitrogens with zero attached hydrogens (tertiary/aromatic N) is 1. The molecule has 0 atom stereocenters. The zero-order chi connectivity index (χ0) is 18.2. The monoisotopic (exact) mass is 344 g/mol. The number of likely N-dealkylation sites (tertiary alicyclic amines) is 1. The SMILES string of the molecule is Cc1ccc(NC2CC3(CCN(C(=O)OC(C)(C)C)CC3)C2)c(C)c1. The zero-order valence-electron chi connectivity index (χ0n) is 16.3. The van der Waals surface area contributed by atoms with Crippen LogP contribution in [0, 0.1) is 19.3 Å². The molecule has 138 valence electrons. The van der Waals surface area contributed by atoms with Crippen LogP contribution in [0.25, 0.3) is 0 Å². The Morgan fingerprint density at radius 1 is 1.20 bits per heavy atom. The maximum atomic E-state index is 12.2. The van der Waals surface area contributed by atoms with Crippen molar-refractivity contribution in [2.45, 2.75) is 71.9 Å². The Hall–Kier alpha value is -1.71. The topological polar surface area (TPSA) is 41.6 Å². The minimum absolute atomic E-state index is 0.161. The third-order valence-corrected chi connectivity index (χ3v) is 5.58. The third-order valence-electron chi connectivity index (χ3n) is 5.58. The summed E-state index contributed by atoms with van der Waals surface area (Å²) in [6.07, 6.45) is 4.45. The highest BCUT2D eigenvalue weighted by molar-refractivity contribution is 5.68. The van der Waals surface area contributed by atoms with E-state index >= 15 is 0 Å². The molecule has 2 aliphatic rings. The molecule has 0 aromatic heterocycles. The number of amides is 1. The lowest BCUT2D eigenvalue weighted by Crippen LogP contribution is -2.53. The number of aryl methyl sites for hydroxylation is 2. The smallest absolute Gasteiger partial charge is 0.410 e. The highest BCUT2D eigenvalue weighted by atomic mass is 16.6. The van der Waals surface area contributed by atoms with Crippen LogP contribution in [0.5, 0.6) is 0 Å². The van der Waals surface area contributed by atoms with Gasteiger partial charge in [-0.15, -0.1) is 0 Å². The molecule has 1 aliphatic heterocycles. The van der Waals surface area contributed by atoms with E-state index in [4.69, 9.17) is 4.74 Å². The summed E-state index contributed by atoms with van der Waals surface area (Å²) in [5.41, 5.74) is 3.90. The van der Waals surface area contributed by atoms with Crippen LogP contribution in [0.4, 0.5) is 10.5 Å². The molecule has 1 N–H and O–H groups in total. The van der Waals surface area contributed by atoms with E-state index in [1.165, 1.54) is 29.7 Å². The van der Waals surface area contributed by atoms with Crippen molar-refractivity contribution in [3.63, 3.8) is 0 Å². The van der Waals surface area contributed by atoms with Crippen molar-refractivity contribution < 1.29 is 9.53 Å². The summed E-state index contributed by atoms with van der Waals surface area (Å²) in [4.78, 5) is 14.1. The molecule has 1 saturated carbocycles. The molecule has 3 rings (SSSR count). The first-order valence-electron chi connectivity index (χ1n) is 9.48. The van der Waals surface area contributed by atoms with Crippen molar-refractivity contribution >= 4 is 11.8 Å². The van der Waals surface area contributed by atoms with Gasteiger partial charge in [-0.1, -0.05) is 17.7 Å². The second kappa shape index (κ2) is 6.54. The van der Waals surface area contributed by atoms with Crippen molar-refractivity contribution in [2.75, 3.05) is 18.4 Å². The number of rotatable bonds is 2. The maximum Gasteiger partial charge on any atom is 0.410 e. The van der Waals surface area contributed by atoms with Gasteiger partial charge >= 0.3 is 6.09 Å². The van der Waals surface area contributed by atoms with Gasteiger partial charge < -0.3 is 15.0 Å². The Morgan fingerprint density at radius 3 is 2.40 bits per heavy atom. The second-order valence-electron chi connectivity index (χ2n) is 9.04. The number of piperidine rings is 1. The molecular weight excluding hydrogens is 312 g/mol. The summed E-state index contributed by atoms with van der Waals surface area (Å²) in [6.45, 7) is 11.7. The summed E-state index contributed by atoms with van der Waals surface area (Å²) < 4.78 is 5.49. The van der Waals surface area contributed by atoms with Gasteiger partial charge in [-0.25, -0.2) is 4.79 Å². The Kier molecular flexibility index (Phi) is 4.74. The number of ether oxygens (including phenoxy) is 1. The van der Waals surface area contributed by atoms with Gasteiger partial charge in [0, 0.05) is 24.8 Å². The van der Waals surface area contributed by atoms with E-state index in [1.54, 1.807) is 0 Å². The van der Waals surface area contributed by atoms with Gasteiger partial charge in [0.2, 0.25) is 0 Å². The van der Waals surface area contributed by atoms with E-state index in [2.05, 4.69) is 37.4 Å². The van der Waals surface area contributed by atoms with E-state index < -0.39 is 5.60 Å². The minimum Gasteiger partial charge on any atom is -0.444 e. The van der Waals surface area contributed by atoms with Crippen LogP contribution in [-0.2, 0) is 4.74 Å². The lowest BCUT2D eigenvalue weighted by Gasteiger charge is -2.52. The second-order valence-corrected chi connectivity index (χ2v) is 9.04. The number of hydrogen-bond acceptors (Lipinski definition) is 3. The highest BCUT2D eigenvalue weighted by Crippen LogP contribution is 2.50. The third kappa shape index (κ3) is 4.28. The Bertz CT molecular complexity index is 632. The summed E-state index contributed by atoms with van der Waals surface area (Å²) in [5.74, 6) is 0. The fraction of sp³-hybridized carbons (Fsp3) is 0.667. The van der Waals surface area contributed by atoms with Crippen molar-refractivity contribution in [1.29, 1.82) is 0 Å². The van der Waals surface area contributed by atoms with Crippen molar-refractivity contribution in [3.05, 3.63) is 29.3 Å². The van der Waals surface area contributed by atoms with Crippen LogP contribution < -0.4 is 5.32 Å². The Morgan fingerprint density at radius 2 is 1.84 bits per heavy atom. The molecular formula is C21H32N2O2. The number of carbonyl (C=O) groups excluding carboxylic acids is 1. The van der Waals surface area contributed by atoms with Crippen LogP contribution in [0.1, 0.15) is 57.6 Å². The number of hydrogen-bond donors (Lipinski definition) is 1. The number of anilines is 1. The molecule has 1 aromatic carbocycles. The van der Waals surface area contributed by atoms with E-state index in [-0.39, 0.29) is 6.09 Å².